The van der Waals surface area contributed by atoms with Crippen molar-refractivity contribution in [3.05, 3.63) is 75.8 Å². The molecule has 0 aliphatic heterocycles. The molecule has 0 atom stereocenters. The van der Waals surface area contributed by atoms with Crippen molar-refractivity contribution < 1.29 is 9.66 Å². The Morgan fingerprint density at radius 3 is 2.26 bits per heavy atom. The number of benzene rings is 2. The van der Waals surface area contributed by atoms with Gasteiger partial charge in [0.2, 0.25) is 0 Å². The Bertz CT molecular complexity index is 589. The van der Waals surface area contributed by atoms with Crippen LogP contribution in [-0.4, -0.2) is 12.0 Å². The molecule has 4 nitrogen and oxygen atoms in total. The van der Waals surface area contributed by atoms with Gasteiger partial charge in [0.05, 0.1) is 17.6 Å². The van der Waals surface area contributed by atoms with E-state index >= 15 is 0 Å². The lowest BCUT2D eigenvalue weighted by atomic mass is 10.1. The molecule has 2 aromatic carbocycles. The molecule has 0 aromatic heterocycles. The zero-order valence-corrected chi connectivity index (χ0v) is 10.4. The summed E-state index contributed by atoms with van der Waals surface area (Å²) in [6.45, 7) is 0. The van der Waals surface area contributed by atoms with E-state index in [1.165, 1.54) is 0 Å². The van der Waals surface area contributed by atoms with Crippen LogP contribution in [0.5, 0.6) is 5.75 Å². The van der Waals surface area contributed by atoms with Gasteiger partial charge in [-0.15, -0.1) is 0 Å². The van der Waals surface area contributed by atoms with E-state index in [9.17, 15) is 10.1 Å². The molecule has 0 aliphatic carbocycles. The van der Waals surface area contributed by atoms with Gasteiger partial charge in [-0.2, -0.15) is 0 Å². The van der Waals surface area contributed by atoms with E-state index in [0.717, 1.165) is 11.3 Å². The van der Waals surface area contributed by atoms with Crippen molar-refractivity contribution in [1.82, 2.24) is 0 Å². The number of nitrogens with zero attached hydrogens (tertiary/aromatic N) is 1. The van der Waals surface area contributed by atoms with Crippen molar-refractivity contribution in [2.45, 2.75) is 0 Å². The normalized spacial score (nSPS) is 11.1. The van der Waals surface area contributed by atoms with Crippen LogP contribution in [0.1, 0.15) is 11.1 Å². The van der Waals surface area contributed by atoms with Crippen molar-refractivity contribution >= 4 is 11.8 Å². The molecule has 19 heavy (non-hydrogen) atoms. The Hall–Kier alpha value is -2.62. The summed E-state index contributed by atoms with van der Waals surface area (Å²) in [4.78, 5) is 10.8. The molecule has 96 valence electrons. The summed E-state index contributed by atoms with van der Waals surface area (Å²) in [6, 6.07) is 15.9. The van der Waals surface area contributed by atoms with Gasteiger partial charge >= 0.3 is 0 Å². The maximum atomic E-state index is 11.1. The van der Waals surface area contributed by atoms with Crippen molar-refractivity contribution in [2.75, 3.05) is 7.11 Å². The van der Waals surface area contributed by atoms with E-state index in [1.54, 1.807) is 61.7 Å². The van der Waals surface area contributed by atoms with Crippen LogP contribution in [0.25, 0.3) is 11.8 Å². The monoisotopic (exact) mass is 255 g/mol. The van der Waals surface area contributed by atoms with Crippen LogP contribution in [-0.2, 0) is 0 Å². The first kappa shape index (κ1) is 12.8. The largest absolute Gasteiger partial charge is 0.497 e. The maximum absolute atomic E-state index is 11.1. The maximum Gasteiger partial charge on any atom is 0.277 e. The summed E-state index contributed by atoms with van der Waals surface area (Å²) >= 11 is 0. The number of ether oxygens (including phenoxy) is 1. The minimum atomic E-state index is -0.375. The summed E-state index contributed by atoms with van der Waals surface area (Å²) in [5.41, 5.74) is 1.42. The molecular weight excluding hydrogens is 242 g/mol. The molecular formula is C15H13NO3. The first-order valence-corrected chi connectivity index (χ1v) is 5.76. The zero-order chi connectivity index (χ0) is 13.7. The lowest BCUT2D eigenvalue weighted by Crippen LogP contribution is -1.97. The fourth-order valence-corrected chi connectivity index (χ4v) is 1.71. The Labute approximate surface area is 111 Å². The predicted octanol–water partition coefficient (Wildman–Crippen LogP) is 3.47. The Morgan fingerprint density at radius 2 is 1.74 bits per heavy atom. The third-order valence-electron chi connectivity index (χ3n) is 2.69. The molecule has 0 unspecified atom stereocenters. The summed E-state index contributed by atoms with van der Waals surface area (Å²) in [6.07, 6.45) is 1.55. The average Bonchev–Trinajstić information content (AvgIpc) is 2.46. The molecule has 0 fully saturated rings. The molecule has 0 saturated carbocycles. The second-order valence-electron chi connectivity index (χ2n) is 3.93. The van der Waals surface area contributed by atoms with Gasteiger partial charge in [-0.3, -0.25) is 10.1 Å². The minimum Gasteiger partial charge on any atom is -0.497 e. The molecule has 2 rings (SSSR count). The van der Waals surface area contributed by atoms with Gasteiger partial charge < -0.3 is 4.74 Å². The van der Waals surface area contributed by atoms with Crippen LogP contribution in [0.2, 0.25) is 0 Å². The third kappa shape index (κ3) is 3.19. The second kappa shape index (κ2) is 5.82. The quantitative estimate of drug-likeness (QED) is 0.477. The van der Waals surface area contributed by atoms with Gasteiger partial charge in [0, 0.05) is 6.08 Å². The highest BCUT2D eigenvalue weighted by atomic mass is 16.6. The molecule has 0 bridgehead atoms. The summed E-state index contributed by atoms with van der Waals surface area (Å²) in [7, 11) is 1.58. The van der Waals surface area contributed by atoms with Gasteiger partial charge in [-0.25, -0.2) is 0 Å². The van der Waals surface area contributed by atoms with Crippen molar-refractivity contribution in [2.24, 2.45) is 0 Å². The predicted molar refractivity (Wildman–Crippen MR) is 74.3 cm³/mol. The van der Waals surface area contributed by atoms with Gasteiger partial charge in [0.15, 0.2) is 0 Å². The van der Waals surface area contributed by atoms with Crippen LogP contribution < -0.4 is 4.74 Å². The van der Waals surface area contributed by atoms with Crippen LogP contribution >= 0.6 is 0 Å². The molecule has 0 amide bonds. The molecule has 0 saturated heterocycles. The first-order valence-electron chi connectivity index (χ1n) is 5.76. The van der Waals surface area contributed by atoms with Gasteiger partial charge in [-0.1, -0.05) is 30.3 Å². The molecule has 2 aromatic rings. The highest BCUT2D eigenvalue weighted by Crippen LogP contribution is 2.20. The number of methoxy groups -OCH3 is 1. The summed E-state index contributed by atoms with van der Waals surface area (Å²) < 4.78 is 5.05. The highest BCUT2D eigenvalue weighted by Gasteiger charge is 2.13. The van der Waals surface area contributed by atoms with Gasteiger partial charge in [0.1, 0.15) is 5.75 Å². The van der Waals surface area contributed by atoms with Gasteiger partial charge in [0.25, 0.3) is 5.70 Å². The van der Waals surface area contributed by atoms with E-state index in [1.807, 2.05) is 6.07 Å². The average molecular weight is 255 g/mol. The van der Waals surface area contributed by atoms with Crippen LogP contribution in [0.4, 0.5) is 0 Å². The van der Waals surface area contributed by atoms with Crippen molar-refractivity contribution in [3.8, 4) is 5.75 Å². The van der Waals surface area contributed by atoms with Crippen LogP contribution in [0, 0.1) is 10.1 Å². The van der Waals surface area contributed by atoms with E-state index in [4.69, 9.17) is 4.74 Å². The van der Waals surface area contributed by atoms with Crippen LogP contribution in [0.15, 0.2) is 54.6 Å². The Morgan fingerprint density at radius 1 is 1.11 bits per heavy atom. The standard InChI is InChI=1S/C15H13NO3/c1-19-14-9-7-12(8-10-14)11-15(16(17)18)13-5-3-2-4-6-13/h2-11H,1H3/b15-11-. The van der Waals surface area contributed by atoms with Crippen molar-refractivity contribution in [3.63, 3.8) is 0 Å². The number of hydrogen-bond donors (Lipinski definition) is 0. The molecule has 4 heteroatoms. The second-order valence-corrected chi connectivity index (χ2v) is 3.93. The van der Waals surface area contributed by atoms with E-state index in [0.29, 0.717) is 5.56 Å². The summed E-state index contributed by atoms with van der Waals surface area (Å²) in [5, 5.41) is 11.1. The minimum absolute atomic E-state index is 0.0748. The smallest absolute Gasteiger partial charge is 0.277 e. The lowest BCUT2D eigenvalue weighted by molar-refractivity contribution is -0.374. The molecule has 0 radical (unpaired) electrons. The zero-order valence-electron chi connectivity index (χ0n) is 10.4. The van der Waals surface area contributed by atoms with E-state index in [2.05, 4.69) is 0 Å². The van der Waals surface area contributed by atoms with Gasteiger partial charge in [-0.05, 0) is 29.8 Å². The molecule has 0 N–H and O–H groups in total. The number of rotatable bonds is 4. The molecule has 0 heterocycles. The lowest BCUT2D eigenvalue weighted by Gasteiger charge is -2.01. The summed E-state index contributed by atoms with van der Waals surface area (Å²) in [5.74, 6) is 0.722. The molecule has 0 aliphatic rings. The Balaban J connectivity index is 2.38. The molecule has 0 spiro atoms. The fourth-order valence-electron chi connectivity index (χ4n) is 1.71. The number of hydrogen-bond acceptors (Lipinski definition) is 3. The van der Waals surface area contributed by atoms with E-state index in [-0.39, 0.29) is 10.6 Å². The Kier molecular flexibility index (Phi) is 3.93. The third-order valence-corrected chi connectivity index (χ3v) is 2.69. The fraction of sp³-hybridized carbons (Fsp3) is 0.0667. The SMILES string of the molecule is COc1ccc(/C=C(/c2ccccc2)[N+](=O)[O-])cc1. The number of nitro groups is 1. The first-order chi connectivity index (χ1) is 9.20. The van der Waals surface area contributed by atoms with Crippen molar-refractivity contribution in [1.29, 1.82) is 0 Å². The van der Waals surface area contributed by atoms with E-state index < -0.39 is 0 Å². The van der Waals surface area contributed by atoms with Crippen LogP contribution in [0.3, 0.4) is 0 Å². The topological polar surface area (TPSA) is 52.4 Å². The highest BCUT2D eigenvalue weighted by molar-refractivity contribution is 5.76.